The molecule has 2 fully saturated rings. The van der Waals surface area contributed by atoms with Crippen molar-refractivity contribution < 1.29 is 19.7 Å². The Morgan fingerprint density at radius 2 is 1.88 bits per heavy atom. The van der Waals surface area contributed by atoms with E-state index < -0.39 is 6.10 Å². The first-order valence-electron chi connectivity index (χ1n) is 8.63. The molecule has 0 radical (unpaired) electrons. The van der Waals surface area contributed by atoms with Gasteiger partial charge < -0.3 is 20.3 Å². The standard InChI is InChI=1S/C18H26N2O4/c1-12(21)19-15-11-16(24-14-5-3-2-4-6-14)18(23)17(15)20-9-7-13(22)8-10-20/h2-6,13,15-18,22-23H,7-11H2,1H3,(H,19,21)/t15-,16-,17+,18+/m1/s1. The zero-order valence-corrected chi connectivity index (χ0v) is 14.0. The first kappa shape index (κ1) is 17.2. The first-order valence-corrected chi connectivity index (χ1v) is 8.63. The second kappa shape index (κ2) is 7.51. The van der Waals surface area contributed by atoms with Crippen molar-refractivity contribution in [2.75, 3.05) is 13.1 Å². The van der Waals surface area contributed by atoms with Crippen molar-refractivity contribution in [1.82, 2.24) is 10.2 Å². The van der Waals surface area contributed by atoms with Crippen LogP contribution < -0.4 is 10.1 Å². The van der Waals surface area contributed by atoms with Gasteiger partial charge in [0.15, 0.2) is 0 Å². The summed E-state index contributed by atoms with van der Waals surface area (Å²) in [5.74, 6) is 0.618. The molecular formula is C18H26N2O4. The molecule has 0 aromatic heterocycles. The normalized spacial score (nSPS) is 31.8. The Morgan fingerprint density at radius 3 is 2.50 bits per heavy atom. The van der Waals surface area contributed by atoms with Crippen LogP contribution >= 0.6 is 0 Å². The summed E-state index contributed by atoms with van der Waals surface area (Å²) in [7, 11) is 0. The summed E-state index contributed by atoms with van der Waals surface area (Å²) in [6.45, 7) is 2.93. The van der Waals surface area contributed by atoms with Crippen molar-refractivity contribution in [1.29, 1.82) is 0 Å². The number of nitrogens with zero attached hydrogens (tertiary/aromatic N) is 1. The zero-order valence-electron chi connectivity index (χ0n) is 14.0. The smallest absolute Gasteiger partial charge is 0.217 e. The van der Waals surface area contributed by atoms with Gasteiger partial charge in [-0.05, 0) is 25.0 Å². The summed E-state index contributed by atoms with van der Waals surface area (Å²) in [4.78, 5) is 13.7. The van der Waals surface area contributed by atoms with Crippen LogP contribution in [0.25, 0.3) is 0 Å². The number of hydrogen-bond donors (Lipinski definition) is 3. The number of carbonyl (C=O) groups excluding carboxylic acids is 1. The Morgan fingerprint density at radius 1 is 1.21 bits per heavy atom. The molecule has 3 rings (SSSR count). The summed E-state index contributed by atoms with van der Waals surface area (Å²) in [6, 6.07) is 9.10. The number of amides is 1. The van der Waals surface area contributed by atoms with E-state index in [0.29, 0.717) is 19.3 Å². The van der Waals surface area contributed by atoms with E-state index in [2.05, 4.69) is 10.2 Å². The van der Waals surface area contributed by atoms with Gasteiger partial charge in [0.05, 0.1) is 18.2 Å². The Labute approximate surface area is 142 Å². The maximum Gasteiger partial charge on any atom is 0.217 e. The molecule has 1 amide bonds. The number of aliphatic hydroxyl groups excluding tert-OH is 2. The van der Waals surface area contributed by atoms with Gasteiger partial charge in [0.25, 0.3) is 0 Å². The van der Waals surface area contributed by atoms with Crippen molar-refractivity contribution in [3.05, 3.63) is 30.3 Å². The Balaban J connectivity index is 1.73. The van der Waals surface area contributed by atoms with Gasteiger partial charge in [-0.3, -0.25) is 9.69 Å². The fourth-order valence-corrected chi connectivity index (χ4v) is 3.84. The number of aliphatic hydroxyl groups is 2. The molecule has 6 nitrogen and oxygen atoms in total. The average Bonchev–Trinajstić information content (AvgIpc) is 2.84. The summed E-state index contributed by atoms with van der Waals surface area (Å²) < 4.78 is 5.96. The Kier molecular flexibility index (Phi) is 5.38. The fourth-order valence-electron chi connectivity index (χ4n) is 3.84. The molecule has 132 valence electrons. The molecule has 3 N–H and O–H groups in total. The molecule has 24 heavy (non-hydrogen) atoms. The Hall–Kier alpha value is -1.63. The minimum atomic E-state index is -0.683. The number of piperidine rings is 1. The molecule has 1 saturated heterocycles. The summed E-state index contributed by atoms with van der Waals surface area (Å²) in [5.41, 5.74) is 0. The van der Waals surface area contributed by atoms with Crippen LogP contribution in [0.3, 0.4) is 0 Å². The van der Waals surface area contributed by atoms with Crippen molar-refractivity contribution in [3.8, 4) is 5.75 Å². The van der Waals surface area contributed by atoms with Gasteiger partial charge in [0, 0.05) is 26.4 Å². The van der Waals surface area contributed by atoms with E-state index in [0.717, 1.165) is 18.8 Å². The second-order valence-corrected chi connectivity index (χ2v) is 6.76. The van der Waals surface area contributed by atoms with Crippen LogP contribution in [0.1, 0.15) is 26.2 Å². The van der Waals surface area contributed by atoms with E-state index >= 15 is 0 Å². The van der Waals surface area contributed by atoms with E-state index in [1.54, 1.807) is 0 Å². The quantitative estimate of drug-likeness (QED) is 0.748. The minimum Gasteiger partial charge on any atom is -0.488 e. The van der Waals surface area contributed by atoms with E-state index in [-0.39, 0.29) is 30.2 Å². The monoisotopic (exact) mass is 334 g/mol. The number of benzene rings is 1. The third-order valence-electron chi connectivity index (χ3n) is 4.97. The molecule has 2 aliphatic rings. The van der Waals surface area contributed by atoms with Crippen LogP contribution in [0.4, 0.5) is 0 Å². The lowest BCUT2D eigenvalue weighted by Gasteiger charge is -2.38. The summed E-state index contributed by atoms with van der Waals surface area (Å²) >= 11 is 0. The van der Waals surface area contributed by atoms with Gasteiger partial charge >= 0.3 is 0 Å². The molecule has 1 saturated carbocycles. The lowest BCUT2D eigenvalue weighted by atomic mass is 10.0. The van der Waals surface area contributed by atoms with Gasteiger partial charge in [0.2, 0.25) is 5.91 Å². The maximum atomic E-state index is 11.6. The topological polar surface area (TPSA) is 82.0 Å². The maximum absolute atomic E-state index is 11.6. The number of para-hydroxylation sites is 1. The number of carbonyl (C=O) groups is 1. The predicted octanol–water partition coefficient (Wildman–Crippen LogP) is 0.529. The van der Waals surface area contributed by atoms with Crippen LogP contribution in [-0.4, -0.2) is 64.5 Å². The Bertz CT molecular complexity index is 545. The average molecular weight is 334 g/mol. The third-order valence-corrected chi connectivity index (χ3v) is 4.97. The number of ether oxygens (including phenoxy) is 1. The molecule has 1 aliphatic carbocycles. The van der Waals surface area contributed by atoms with Gasteiger partial charge in [-0.1, -0.05) is 18.2 Å². The van der Waals surface area contributed by atoms with E-state index in [1.165, 1.54) is 6.92 Å². The predicted molar refractivity (Wildman–Crippen MR) is 89.7 cm³/mol. The van der Waals surface area contributed by atoms with Crippen molar-refractivity contribution in [2.45, 2.75) is 56.6 Å². The number of nitrogens with one attached hydrogen (secondary N) is 1. The first-order chi connectivity index (χ1) is 11.5. The van der Waals surface area contributed by atoms with Crippen LogP contribution in [0.2, 0.25) is 0 Å². The molecule has 6 heteroatoms. The van der Waals surface area contributed by atoms with Crippen LogP contribution in [0.5, 0.6) is 5.75 Å². The van der Waals surface area contributed by atoms with Crippen LogP contribution in [0, 0.1) is 0 Å². The molecule has 0 bridgehead atoms. The zero-order chi connectivity index (χ0) is 17.1. The molecule has 0 unspecified atom stereocenters. The number of rotatable bonds is 4. The van der Waals surface area contributed by atoms with Crippen molar-refractivity contribution in [2.24, 2.45) is 0 Å². The highest BCUT2D eigenvalue weighted by Crippen LogP contribution is 2.31. The SMILES string of the molecule is CC(=O)N[C@@H]1C[C@@H](Oc2ccccc2)[C@H](O)[C@H]1N1CCC(O)CC1. The summed E-state index contributed by atoms with van der Waals surface area (Å²) in [6.07, 6.45) is 0.647. The van der Waals surface area contributed by atoms with E-state index in [4.69, 9.17) is 4.74 Å². The molecule has 1 heterocycles. The molecule has 4 atom stereocenters. The van der Waals surface area contributed by atoms with Gasteiger partial charge in [-0.25, -0.2) is 0 Å². The van der Waals surface area contributed by atoms with Crippen LogP contribution in [-0.2, 0) is 4.79 Å². The largest absolute Gasteiger partial charge is 0.488 e. The molecule has 1 aliphatic heterocycles. The van der Waals surface area contributed by atoms with Crippen molar-refractivity contribution in [3.63, 3.8) is 0 Å². The lowest BCUT2D eigenvalue weighted by Crippen LogP contribution is -2.55. The third kappa shape index (κ3) is 3.88. The number of likely N-dealkylation sites (tertiary alicyclic amines) is 1. The van der Waals surface area contributed by atoms with E-state index in [1.807, 2.05) is 30.3 Å². The highest BCUT2D eigenvalue weighted by molar-refractivity contribution is 5.73. The van der Waals surface area contributed by atoms with E-state index in [9.17, 15) is 15.0 Å². The molecule has 1 aromatic rings. The molecular weight excluding hydrogens is 308 g/mol. The van der Waals surface area contributed by atoms with Gasteiger partial charge in [-0.15, -0.1) is 0 Å². The lowest BCUT2D eigenvalue weighted by molar-refractivity contribution is -0.120. The van der Waals surface area contributed by atoms with Crippen molar-refractivity contribution >= 4 is 5.91 Å². The minimum absolute atomic E-state index is 0.102. The molecule has 0 spiro atoms. The summed E-state index contributed by atoms with van der Waals surface area (Å²) in [5, 5.41) is 23.5. The second-order valence-electron chi connectivity index (χ2n) is 6.76. The van der Waals surface area contributed by atoms with Crippen LogP contribution in [0.15, 0.2) is 30.3 Å². The molecule has 1 aromatic carbocycles. The van der Waals surface area contributed by atoms with Gasteiger partial charge in [0.1, 0.15) is 18.0 Å². The number of hydrogen-bond acceptors (Lipinski definition) is 5. The fraction of sp³-hybridized carbons (Fsp3) is 0.611. The highest BCUT2D eigenvalue weighted by atomic mass is 16.5. The highest BCUT2D eigenvalue weighted by Gasteiger charge is 2.47. The van der Waals surface area contributed by atoms with Gasteiger partial charge in [-0.2, -0.15) is 0 Å².